The summed E-state index contributed by atoms with van der Waals surface area (Å²) >= 11 is 0. The van der Waals surface area contributed by atoms with Crippen LogP contribution in [0, 0.1) is 11.8 Å². The highest BCUT2D eigenvalue weighted by Crippen LogP contribution is 2.20. The van der Waals surface area contributed by atoms with Crippen molar-refractivity contribution in [2.24, 2.45) is 16.9 Å². The van der Waals surface area contributed by atoms with Gasteiger partial charge in [0.25, 0.3) is 0 Å². The average molecular weight is 642 g/mol. The lowest BCUT2D eigenvalue weighted by Crippen LogP contribution is -2.24. The van der Waals surface area contributed by atoms with Crippen molar-refractivity contribution in [1.82, 2.24) is 10.3 Å². The Balaban J connectivity index is 4.49. The van der Waals surface area contributed by atoms with E-state index in [1.165, 1.54) is 147 Å². The van der Waals surface area contributed by atoms with Crippen LogP contribution in [-0.2, 0) is 4.79 Å². The van der Waals surface area contributed by atoms with E-state index in [1.807, 2.05) is 19.0 Å². The Labute approximate surface area is 288 Å². The molecule has 0 rings (SSSR count). The maximum absolute atomic E-state index is 12.2. The zero-order chi connectivity index (χ0) is 33.9. The predicted octanol–water partition coefficient (Wildman–Crippen LogP) is 12.8. The fourth-order valence-electron chi connectivity index (χ4n) is 5.73. The van der Waals surface area contributed by atoms with Gasteiger partial charge in [-0.15, -0.1) is 0 Å². The second-order valence-electron chi connectivity index (χ2n) is 14.0. The molecule has 0 aromatic rings. The van der Waals surface area contributed by atoms with Gasteiger partial charge in [0, 0.05) is 24.6 Å². The first-order valence-corrected chi connectivity index (χ1v) is 19.9. The van der Waals surface area contributed by atoms with E-state index in [9.17, 15) is 4.79 Å². The molecule has 0 spiro atoms. The number of nitrogens with one attached hydrogen (secondary N) is 1. The third-order valence-electron chi connectivity index (χ3n) is 8.99. The number of carbonyl (C=O) groups excluding carboxylic acids is 1. The zero-order valence-corrected chi connectivity index (χ0v) is 31.8. The molecule has 0 saturated heterocycles. The fourth-order valence-corrected chi connectivity index (χ4v) is 5.73. The molecule has 2 atom stereocenters. The van der Waals surface area contributed by atoms with Gasteiger partial charge in [-0.25, -0.2) is 5.43 Å². The maximum atomic E-state index is 12.2. The molecule has 0 aliphatic carbocycles. The molecule has 4 nitrogen and oxygen atoms in total. The first-order chi connectivity index (χ1) is 22.4. The van der Waals surface area contributed by atoms with E-state index in [0.29, 0.717) is 18.3 Å². The van der Waals surface area contributed by atoms with Crippen LogP contribution >= 0.6 is 0 Å². The maximum Gasteiger partial charge on any atom is 0.241 e. The average Bonchev–Trinajstić information content (AvgIpc) is 3.04. The SMILES string of the molecule is CCCCC/C=C\C(C)C(/C=C\CCCCC)/C=C\CCCCCCCC/C(CCCCCCCCC)=N/NC(=O)CCN(C)C. The minimum atomic E-state index is 0.0301. The van der Waals surface area contributed by atoms with Crippen LogP contribution in [0.5, 0.6) is 0 Å². The van der Waals surface area contributed by atoms with Crippen molar-refractivity contribution in [3.8, 4) is 0 Å². The van der Waals surface area contributed by atoms with Crippen molar-refractivity contribution in [1.29, 1.82) is 0 Å². The van der Waals surface area contributed by atoms with Crippen LogP contribution in [0.4, 0.5) is 0 Å². The van der Waals surface area contributed by atoms with Gasteiger partial charge in [-0.1, -0.05) is 154 Å². The summed E-state index contributed by atoms with van der Waals surface area (Å²) in [5.74, 6) is 1.10. The molecule has 0 aromatic carbocycles. The highest BCUT2D eigenvalue weighted by molar-refractivity contribution is 5.86. The summed E-state index contributed by atoms with van der Waals surface area (Å²) in [5.41, 5.74) is 4.04. The van der Waals surface area contributed by atoms with Crippen LogP contribution in [-0.4, -0.2) is 37.2 Å². The molecule has 268 valence electrons. The quantitative estimate of drug-likeness (QED) is 0.0335. The molecule has 0 aliphatic rings. The Morgan fingerprint density at radius 2 is 1.00 bits per heavy atom. The molecular weight excluding hydrogens is 562 g/mol. The lowest BCUT2D eigenvalue weighted by molar-refractivity contribution is -0.121. The molecule has 0 aromatic heterocycles. The van der Waals surface area contributed by atoms with Gasteiger partial charge in [-0.05, 0) is 84.2 Å². The van der Waals surface area contributed by atoms with Crippen molar-refractivity contribution in [3.05, 3.63) is 36.5 Å². The molecule has 0 aliphatic heterocycles. The van der Waals surface area contributed by atoms with Gasteiger partial charge in [0.15, 0.2) is 0 Å². The number of hydrogen-bond acceptors (Lipinski definition) is 3. The van der Waals surface area contributed by atoms with E-state index in [0.717, 1.165) is 19.4 Å². The third-order valence-corrected chi connectivity index (χ3v) is 8.99. The second-order valence-corrected chi connectivity index (χ2v) is 14.0. The number of nitrogens with zero attached hydrogens (tertiary/aromatic N) is 2. The first kappa shape index (κ1) is 44.3. The van der Waals surface area contributed by atoms with Crippen molar-refractivity contribution >= 4 is 11.6 Å². The van der Waals surface area contributed by atoms with Gasteiger partial charge in [0.2, 0.25) is 5.91 Å². The summed E-state index contributed by atoms with van der Waals surface area (Å²) in [4.78, 5) is 14.3. The summed E-state index contributed by atoms with van der Waals surface area (Å²) in [5, 5.41) is 4.58. The minimum Gasteiger partial charge on any atom is -0.309 e. The Morgan fingerprint density at radius 3 is 1.50 bits per heavy atom. The van der Waals surface area contributed by atoms with Crippen molar-refractivity contribution in [3.63, 3.8) is 0 Å². The predicted molar refractivity (Wildman–Crippen MR) is 207 cm³/mol. The number of hydrogen-bond donors (Lipinski definition) is 1. The molecule has 46 heavy (non-hydrogen) atoms. The number of allylic oxidation sites excluding steroid dienone is 6. The second kappa shape index (κ2) is 34.6. The summed E-state index contributed by atoms with van der Waals surface area (Å²) in [6, 6.07) is 0. The van der Waals surface area contributed by atoms with Crippen molar-refractivity contribution < 1.29 is 4.79 Å². The van der Waals surface area contributed by atoms with Gasteiger partial charge in [-0.2, -0.15) is 5.10 Å². The number of unbranched alkanes of at least 4 members (excludes halogenated alkanes) is 18. The van der Waals surface area contributed by atoms with E-state index in [-0.39, 0.29) is 5.91 Å². The van der Waals surface area contributed by atoms with E-state index < -0.39 is 0 Å². The molecule has 0 radical (unpaired) electrons. The Kier molecular flexibility index (Phi) is 33.4. The topological polar surface area (TPSA) is 44.7 Å². The Morgan fingerprint density at radius 1 is 0.587 bits per heavy atom. The fraction of sp³-hybridized carbons (Fsp3) is 0.810. The lowest BCUT2D eigenvalue weighted by atomic mass is 9.91. The molecular formula is C42H79N3O. The molecule has 0 saturated carbocycles. The largest absolute Gasteiger partial charge is 0.309 e. The number of hydrazone groups is 1. The van der Waals surface area contributed by atoms with Gasteiger partial charge < -0.3 is 4.90 Å². The van der Waals surface area contributed by atoms with Gasteiger partial charge in [0.05, 0.1) is 0 Å². The van der Waals surface area contributed by atoms with Crippen LogP contribution in [0.1, 0.15) is 188 Å². The summed E-state index contributed by atoms with van der Waals surface area (Å²) in [7, 11) is 4.00. The monoisotopic (exact) mass is 642 g/mol. The molecule has 4 heteroatoms. The van der Waals surface area contributed by atoms with Crippen LogP contribution < -0.4 is 5.43 Å². The van der Waals surface area contributed by atoms with E-state index in [4.69, 9.17) is 0 Å². The van der Waals surface area contributed by atoms with Crippen LogP contribution in [0.2, 0.25) is 0 Å². The highest BCUT2D eigenvalue weighted by atomic mass is 16.2. The lowest BCUT2D eigenvalue weighted by Gasteiger charge is -2.14. The van der Waals surface area contributed by atoms with Gasteiger partial charge in [0.1, 0.15) is 0 Å². The molecule has 2 unspecified atom stereocenters. The standard InChI is InChI=1S/C42H79N3O/c1-7-10-13-16-19-25-30-35-41(43-44-42(46)37-38-45(5)6)36-31-26-21-18-17-20-24-29-34-40(33-28-23-15-12-9-3)39(4)32-27-22-14-11-8-2/h27-29,32-34,39-40H,7-26,30-31,35-38H2,1-6H3,(H,44,46)/b32-27-,33-28-,34-29-,43-41+. The van der Waals surface area contributed by atoms with Crippen molar-refractivity contribution in [2.45, 2.75) is 188 Å². The third kappa shape index (κ3) is 30.9. The van der Waals surface area contributed by atoms with E-state index in [2.05, 4.69) is 74.7 Å². The highest BCUT2D eigenvalue weighted by Gasteiger charge is 2.08. The van der Waals surface area contributed by atoms with Crippen LogP contribution in [0.15, 0.2) is 41.6 Å². The minimum absolute atomic E-state index is 0.0301. The van der Waals surface area contributed by atoms with E-state index >= 15 is 0 Å². The first-order valence-electron chi connectivity index (χ1n) is 19.9. The normalized spacial score (nSPS) is 13.9. The molecule has 0 fully saturated rings. The Bertz CT molecular complexity index is 782. The smallest absolute Gasteiger partial charge is 0.241 e. The molecule has 0 heterocycles. The number of amides is 1. The molecule has 0 bridgehead atoms. The number of carbonyl (C=O) groups is 1. The molecule has 1 N–H and O–H groups in total. The van der Waals surface area contributed by atoms with Gasteiger partial charge in [-0.3, -0.25) is 4.79 Å². The van der Waals surface area contributed by atoms with Crippen LogP contribution in [0.25, 0.3) is 0 Å². The Hall–Kier alpha value is -1.68. The summed E-state index contributed by atoms with van der Waals surface area (Å²) < 4.78 is 0. The van der Waals surface area contributed by atoms with Crippen LogP contribution in [0.3, 0.4) is 0 Å². The summed E-state index contributed by atoms with van der Waals surface area (Å²) in [6.45, 7) is 9.97. The summed E-state index contributed by atoms with van der Waals surface area (Å²) in [6.07, 6.45) is 45.5. The number of rotatable bonds is 33. The zero-order valence-electron chi connectivity index (χ0n) is 31.8. The van der Waals surface area contributed by atoms with Crippen molar-refractivity contribution in [2.75, 3.05) is 20.6 Å². The van der Waals surface area contributed by atoms with Gasteiger partial charge >= 0.3 is 0 Å². The molecule has 1 amide bonds. The van der Waals surface area contributed by atoms with E-state index in [1.54, 1.807) is 0 Å².